The van der Waals surface area contributed by atoms with Crippen LogP contribution in [-0.2, 0) is 6.54 Å². The van der Waals surface area contributed by atoms with Crippen molar-refractivity contribution in [2.24, 2.45) is 5.92 Å². The van der Waals surface area contributed by atoms with Gasteiger partial charge in [-0.3, -0.25) is 9.88 Å². The van der Waals surface area contributed by atoms with Gasteiger partial charge in [-0.25, -0.2) is 0 Å². The highest BCUT2D eigenvalue weighted by Crippen LogP contribution is 2.26. The third-order valence-electron chi connectivity index (χ3n) is 4.17. The van der Waals surface area contributed by atoms with E-state index < -0.39 is 0 Å². The van der Waals surface area contributed by atoms with E-state index in [1.165, 1.54) is 43.7 Å². The van der Waals surface area contributed by atoms with Gasteiger partial charge in [-0.2, -0.15) is 0 Å². The van der Waals surface area contributed by atoms with E-state index in [1.807, 2.05) is 12.3 Å². The number of piperidine rings is 1. The Balaban J connectivity index is 1.65. The number of nitrogens with one attached hydrogen (secondary N) is 1. The number of fused-ring (bicyclic) bond motifs is 1. The highest BCUT2D eigenvalue weighted by molar-refractivity contribution is 5.17. The summed E-state index contributed by atoms with van der Waals surface area (Å²) < 4.78 is 0. The lowest BCUT2D eigenvalue weighted by Gasteiger charge is -2.24. The second-order valence-corrected chi connectivity index (χ2v) is 5.42. The van der Waals surface area contributed by atoms with Gasteiger partial charge in [0.25, 0.3) is 0 Å². The van der Waals surface area contributed by atoms with Crippen LogP contribution in [-0.4, -0.2) is 35.6 Å². The first kappa shape index (κ1) is 11.2. The molecule has 3 nitrogen and oxygen atoms in total. The number of aryl methyl sites for hydroxylation is 1. The third kappa shape index (κ3) is 2.35. The van der Waals surface area contributed by atoms with Crippen molar-refractivity contribution < 1.29 is 0 Å². The summed E-state index contributed by atoms with van der Waals surface area (Å²) in [6, 6.07) is 4.90. The van der Waals surface area contributed by atoms with E-state index in [9.17, 15) is 0 Å². The van der Waals surface area contributed by atoms with Crippen LogP contribution in [0, 0.1) is 12.8 Å². The van der Waals surface area contributed by atoms with Crippen molar-refractivity contribution in [1.82, 2.24) is 15.2 Å². The Hall–Kier alpha value is -0.930. The molecule has 0 aromatic carbocycles. The Morgan fingerprint density at radius 2 is 2.41 bits per heavy atom. The molecule has 0 saturated carbocycles. The predicted octanol–water partition coefficient (Wildman–Crippen LogP) is 1.57. The highest BCUT2D eigenvalue weighted by atomic mass is 15.2. The van der Waals surface area contributed by atoms with Gasteiger partial charge >= 0.3 is 0 Å². The van der Waals surface area contributed by atoms with Crippen LogP contribution >= 0.6 is 0 Å². The molecule has 0 unspecified atom stereocenters. The lowest BCUT2D eigenvalue weighted by Crippen LogP contribution is -2.40. The first-order valence-electron chi connectivity index (χ1n) is 6.69. The molecule has 0 aliphatic carbocycles. The van der Waals surface area contributed by atoms with Gasteiger partial charge in [0.2, 0.25) is 0 Å². The Bertz CT molecular complexity index is 377. The Morgan fingerprint density at radius 1 is 1.47 bits per heavy atom. The van der Waals surface area contributed by atoms with Crippen molar-refractivity contribution in [2.75, 3.05) is 19.6 Å². The molecule has 1 aromatic rings. The molecule has 3 heteroatoms. The standard InChI is InChI=1S/C14H21N3/c1-11-4-2-6-15-13(11)9-17-8-12-5-3-7-16-14(12)10-17/h2,4,6,12,14,16H,3,5,7-10H2,1H3/t12-,14+/m0/s1. The molecule has 2 saturated heterocycles. The highest BCUT2D eigenvalue weighted by Gasteiger charge is 2.34. The molecule has 3 heterocycles. The van der Waals surface area contributed by atoms with Crippen LogP contribution in [0.5, 0.6) is 0 Å². The first-order valence-corrected chi connectivity index (χ1v) is 6.69. The Kier molecular flexibility index (Phi) is 3.12. The van der Waals surface area contributed by atoms with Crippen molar-refractivity contribution in [3.63, 3.8) is 0 Å². The minimum atomic E-state index is 0.729. The van der Waals surface area contributed by atoms with E-state index in [1.54, 1.807) is 0 Å². The summed E-state index contributed by atoms with van der Waals surface area (Å²) in [4.78, 5) is 7.06. The molecule has 1 N–H and O–H groups in total. The number of likely N-dealkylation sites (tertiary alicyclic amines) is 1. The quantitative estimate of drug-likeness (QED) is 0.837. The molecule has 3 rings (SSSR count). The van der Waals surface area contributed by atoms with Crippen LogP contribution < -0.4 is 5.32 Å². The molecular weight excluding hydrogens is 210 g/mol. The maximum Gasteiger partial charge on any atom is 0.0573 e. The lowest BCUT2D eigenvalue weighted by molar-refractivity contribution is 0.308. The molecule has 2 fully saturated rings. The van der Waals surface area contributed by atoms with Crippen molar-refractivity contribution in [2.45, 2.75) is 32.4 Å². The number of hydrogen-bond donors (Lipinski definition) is 1. The summed E-state index contributed by atoms with van der Waals surface area (Å²) in [5, 5.41) is 3.65. The monoisotopic (exact) mass is 231 g/mol. The number of rotatable bonds is 2. The van der Waals surface area contributed by atoms with Crippen LogP contribution in [0.3, 0.4) is 0 Å². The predicted molar refractivity (Wildman–Crippen MR) is 68.8 cm³/mol. The van der Waals surface area contributed by atoms with Crippen LogP contribution in [0.2, 0.25) is 0 Å². The van der Waals surface area contributed by atoms with Gasteiger partial charge in [0.1, 0.15) is 0 Å². The summed E-state index contributed by atoms with van der Waals surface area (Å²) in [6.45, 7) is 6.82. The van der Waals surface area contributed by atoms with Crippen molar-refractivity contribution >= 4 is 0 Å². The number of nitrogens with zero attached hydrogens (tertiary/aromatic N) is 2. The molecule has 1 aromatic heterocycles. The van der Waals surface area contributed by atoms with Crippen LogP contribution in [0.15, 0.2) is 18.3 Å². The average molecular weight is 231 g/mol. The molecule has 2 atom stereocenters. The second-order valence-electron chi connectivity index (χ2n) is 5.42. The molecule has 0 spiro atoms. The molecule has 0 bridgehead atoms. The van der Waals surface area contributed by atoms with E-state index in [0.29, 0.717) is 0 Å². The summed E-state index contributed by atoms with van der Waals surface area (Å²) in [5.41, 5.74) is 2.56. The average Bonchev–Trinajstić information content (AvgIpc) is 2.74. The van der Waals surface area contributed by atoms with Crippen molar-refractivity contribution in [1.29, 1.82) is 0 Å². The smallest absolute Gasteiger partial charge is 0.0573 e. The van der Waals surface area contributed by atoms with E-state index in [2.05, 4.69) is 28.2 Å². The molecule has 0 radical (unpaired) electrons. The van der Waals surface area contributed by atoms with Gasteiger partial charge in [0.05, 0.1) is 5.69 Å². The number of hydrogen-bond acceptors (Lipinski definition) is 3. The maximum absolute atomic E-state index is 4.50. The molecule has 2 aliphatic rings. The summed E-state index contributed by atoms with van der Waals surface area (Å²) >= 11 is 0. The fraction of sp³-hybridized carbons (Fsp3) is 0.643. The normalized spacial score (nSPS) is 29.2. The van der Waals surface area contributed by atoms with E-state index in [4.69, 9.17) is 0 Å². The molecule has 17 heavy (non-hydrogen) atoms. The van der Waals surface area contributed by atoms with Crippen LogP contribution in [0.1, 0.15) is 24.1 Å². The Labute approximate surface area is 103 Å². The molecular formula is C14H21N3. The van der Waals surface area contributed by atoms with E-state index in [0.717, 1.165) is 18.5 Å². The zero-order chi connectivity index (χ0) is 11.7. The van der Waals surface area contributed by atoms with Crippen LogP contribution in [0.4, 0.5) is 0 Å². The fourth-order valence-electron chi connectivity index (χ4n) is 3.16. The minimum absolute atomic E-state index is 0.729. The lowest BCUT2D eigenvalue weighted by atomic mass is 9.94. The van der Waals surface area contributed by atoms with Gasteiger partial charge < -0.3 is 5.32 Å². The van der Waals surface area contributed by atoms with Crippen LogP contribution in [0.25, 0.3) is 0 Å². The largest absolute Gasteiger partial charge is 0.312 e. The van der Waals surface area contributed by atoms with Gasteiger partial charge in [0.15, 0.2) is 0 Å². The van der Waals surface area contributed by atoms with E-state index in [-0.39, 0.29) is 0 Å². The summed E-state index contributed by atoms with van der Waals surface area (Å²) in [6.07, 6.45) is 4.65. The first-order chi connectivity index (χ1) is 8.33. The SMILES string of the molecule is Cc1cccnc1CN1C[C@@H]2CCCN[C@@H]2C1. The van der Waals surface area contributed by atoms with Crippen molar-refractivity contribution in [3.8, 4) is 0 Å². The van der Waals surface area contributed by atoms with Gasteiger partial charge in [0, 0.05) is 31.9 Å². The van der Waals surface area contributed by atoms with E-state index >= 15 is 0 Å². The topological polar surface area (TPSA) is 28.2 Å². The Morgan fingerprint density at radius 3 is 3.24 bits per heavy atom. The minimum Gasteiger partial charge on any atom is -0.312 e. The molecule has 92 valence electrons. The summed E-state index contributed by atoms with van der Waals surface area (Å²) in [7, 11) is 0. The number of aromatic nitrogens is 1. The second kappa shape index (κ2) is 4.75. The number of pyridine rings is 1. The third-order valence-corrected chi connectivity index (χ3v) is 4.17. The summed E-state index contributed by atoms with van der Waals surface area (Å²) in [5.74, 6) is 0.868. The zero-order valence-electron chi connectivity index (χ0n) is 10.5. The van der Waals surface area contributed by atoms with Gasteiger partial charge in [-0.15, -0.1) is 0 Å². The van der Waals surface area contributed by atoms with Gasteiger partial charge in [-0.1, -0.05) is 6.07 Å². The van der Waals surface area contributed by atoms with Crippen molar-refractivity contribution in [3.05, 3.63) is 29.6 Å². The van der Waals surface area contributed by atoms with Gasteiger partial charge in [-0.05, 0) is 43.9 Å². The zero-order valence-corrected chi connectivity index (χ0v) is 10.5. The fourth-order valence-corrected chi connectivity index (χ4v) is 3.16. The maximum atomic E-state index is 4.50. The molecule has 2 aliphatic heterocycles. The molecule has 0 amide bonds.